The number of nitro groups is 1. The Kier molecular flexibility index (Phi) is 8.05. The summed E-state index contributed by atoms with van der Waals surface area (Å²) in [5.41, 5.74) is 1.23. The van der Waals surface area contributed by atoms with E-state index in [1.54, 1.807) is 57.2 Å². The Labute approximate surface area is 226 Å². The number of hydrogen-bond acceptors (Lipinski definition) is 10. The molecule has 1 aliphatic rings. The highest BCUT2D eigenvalue weighted by atomic mass is 32.1. The summed E-state index contributed by atoms with van der Waals surface area (Å²) in [6.45, 7) is 6.82. The van der Waals surface area contributed by atoms with E-state index >= 15 is 0 Å². The molecule has 202 valence electrons. The monoisotopic (exact) mass is 551 g/mol. The van der Waals surface area contributed by atoms with Crippen LogP contribution in [0.5, 0.6) is 11.5 Å². The van der Waals surface area contributed by atoms with E-state index in [1.165, 1.54) is 23.6 Å². The molecule has 4 rings (SSSR count). The third-order valence-electron chi connectivity index (χ3n) is 5.76. The van der Waals surface area contributed by atoms with Crippen LogP contribution in [0.4, 0.5) is 5.69 Å². The van der Waals surface area contributed by atoms with Crippen molar-refractivity contribution in [1.29, 1.82) is 0 Å². The first-order valence-corrected chi connectivity index (χ1v) is 12.9. The maximum absolute atomic E-state index is 13.7. The third kappa shape index (κ3) is 5.65. The van der Waals surface area contributed by atoms with Crippen molar-refractivity contribution in [2.24, 2.45) is 4.99 Å². The molecule has 0 aliphatic carbocycles. The van der Waals surface area contributed by atoms with Crippen molar-refractivity contribution in [2.75, 3.05) is 13.2 Å². The maximum Gasteiger partial charge on any atom is 0.338 e. The molecule has 3 aromatic rings. The number of carbonyl (C=O) groups excluding carboxylic acids is 2. The summed E-state index contributed by atoms with van der Waals surface area (Å²) in [6.07, 6.45) is 1.61. The number of benzene rings is 2. The first kappa shape index (κ1) is 27.5. The molecule has 2 aromatic carbocycles. The molecule has 0 unspecified atom stereocenters. The average Bonchev–Trinajstić information content (AvgIpc) is 3.18. The van der Waals surface area contributed by atoms with Gasteiger partial charge in [-0.2, -0.15) is 0 Å². The quantitative estimate of drug-likeness (QED) is 0.180. The van der Waals surface area contributed by atoms with Gasteiger partial charge in [0, 0.05) is 19.1 Å². The molecule has 0 fully saturated rings. The zero-order chi connectivity index (χ0) is 28.3. The van der Waals surface area contributed by atoms with Crippen molar-refractivity contribution in [3.05, 3.63) is 94.7 Å². The van der Waals surface area contributed by atoms with Crippen LogP contribution in [0, 0.1) is 10.1 Å². The standard InChI is InChI=1S/C27H25N3O8S/c1-5-36-21-14-18(9-12-20(21)38-16(4)31)24-23(26(33)37-6-2)15(3)28-27-29(24)25(32)22(39-27)13-17-7-10-19(11-8-17)30(34)35/h7-14,24H,5-6H2,1-4H3/b22-13+/t24-/m1/s1. The van der Waals surface area contributed by atoms with Crippen LogP contribution in [0.15, 0.2) is 63.5 Å². The first-order chi connectivity index (χ1) is 18.6. The number of nitrogens with zero attached hydrogens (tertiary/aromatic N) is 3. The van der Waals surface area contributed by atoms with Gasteiger partial charge >= 0.3 is 11.9 Å². The number of thiazole rings is 1. The fraction of sp³-hybridized carbons (Fsp3) is 0.259. The fourth-order valence-electron chi connectivity index (χ4n) is 4.15. The zero-order valence-corrected chi connectivity index (χ0v) is 22.4. The largest absolute Gasteiger partial charge is 0.490 e. The van der Waals surface area contributed by atoms with Crippen LogP contribution in [0.25, 0.3) is 6.08 Å². The number of fused-ring (bicyclic) bond motifs is 1. The van der Waals surface area contributed by atoms with Gasteiger partial charge < -0.3 is 14.2 Å². The second kappa shape index (κ2) is 11.4. The summed E-state index contributed by atoms with van der Waals surface area (Å²) in [5, 5.41) is 11.0. The highest BCUT2D eigenvalue weighted by Crippen LogP contribution is 2.36. The van der Waals surface area contributed by atoms with Crippen molar-refractivity contribution in [3.63, 3.8) is 0 Å². The molecular weight excluding hydrogens is 526 g/mol. The van der Waals surface area contributed by atoms with Gasteiger partial charge in [-0.25, -0.2) is 9.79 Å². The predicted octanol–water partition coefficient (Wildman–Crippen LogP) is 3.03. The Bertz CT molecular complexity index is 1670. The maximum atomic E-state index is 13.7. The Morgan fingerprint density at radius 3 is 2.46 bits per heavy atom. The van der Waals surface area contributed by atoms with E-state index < -0.39 is 28.5 Å². The predicted molar refractivity (Wildman–Crippen MR) is 142 cm³/mol. The molecule has 0 amide bonds. The van der Waals surface area contributed by atoms with E-state index in [0.717, 1.165) is 11.3 Å². The van der Waals surface area contributed by atoms with Gasteiger partial charge in [-0.05, 0) is 62.2 Å². The Morgan fingerprint density at radius 1 is 1.13 bits per heavy atom. The van der Waals surface area contributed by atoms with E-state index in [-0.39, 0.29) is 36.0 Å². The molecule has 0 saturated carbocycles. The smallest absolute Gasteiger partial charge is 0.338 e. The van der Waals surface area contributed by atoms with Gasteiger partial charge in [0.25, 0.3) is 11.2 Å². The summed E-state index contributed by atoms with van der Waals surface area (Å²) in [4.78, 5) is 53.8. The van der Waals surface area contributed by atoms with Crippen LogP contribution >= 0.6 is 11.3 Å². The van der Waals surface area contributed by atoms with Crippen molar-refractivity contribution in [1.82, 2.24) is 4.57 Å². The summed E-state index contributed by atoms with van der Waals surface area (Å²) in [7, 11) is 0. The minimum Gasteiger partial charge on any atom is -0.490 e. The third-order valence-corrected chi connectivity index (χ3v) is 6.74. The van der Waals surface area contributed by atoms with Gasteiger partial charge in [-0.15, -0.1) is 0 Å². The molecule has 1 atom stereocenters. The van der Waals surface area contributed by atoms with E-state index in [1.807, 2.05) is 0 Å². The van der Waals surface area contributed by atoms with Crippen LogP contribution in [0.3, 0.4) is 0 Å². The SMILES string of the molecule is CCOC(=O)C1=C(C)N=c2s/c(=C/c3ccc([N+](=O)[O-])cc3)c(=O)n2[C@@H]1c1ccc(OC(C)=O)c(OCC)c1. The number of nitro benzene ring substituents is 1. The number of ether oxygens (including phenoxy) is 3. The lowest BCUT2D eigenvalue weighted by Crippen LogP contribution is -2.40. The van der Waals surface area contributed by atoms with Crippen LogP contribution < -0.4 is 24.4 Å². The van der Waals surface area contributed by atoms with Crippen LogP contribution in [-0.4, -0.2) is 34.6 Å². The van der Waals surface area contributed by atoms with Crippen LogP contribution in [0.1, 0.15) is 44.9 Å². The van der Waals surface area contributed by atoms with Crippen molar-refractivity contribution in [3.8, 4) is 11.5 Å². The van der Waals surface area contributed by atoms with E-state index in [0.29, 0.717) is 26.2 Å². The molecular formula is C27H25N3O8S. The van der Waals surface area contributed by atoms with E-state index in [9.17, 15) is 24.5 Å². The molecule has 12 heteroatoms. The number of esters is 2. The van der Waals surface area contributed by atoms with Crippen molar-refractivity contribution >= 4 is 35.0 Å². The fourth-order valence-corrected chi connectivity index (χ4v) is 5.20. The number of rotatable bonds is 8. The summed E-state index contributed by atoms with van der Waals surface area (Å²) >= 11 is 1.13. The van der Waals surface area contributed by atoms with Crippen LogP contribution in [0.2, 0.25) is 0 Å². The number of allylic oxidation sites excluding steroid dienone is 1. The molecule has 0 radical (unpaired) electrons. The van der Waals surface area contributed by atoms with Crippen molar-refractivity contribution < 1.29 is 28.7 Å². The van der Waals surface area contributed by atoms with E-state index in [2.05, 4.69) is 4.99 Å². The van der Waals surface area contributed by atoms with Gasteiger partial charge in [-0.1, -0.05) is 17.4 Å². The molecule has 1 aromatic heterocycles. The van der Waals surface area contributed by atoms with Crippen molar-refractivity contribution in [2.45, 2.75) is 33.7 Å². The topological polar surface area (TPSA) is 139 Å². The minimum atomic E-state index is -0.898. The molecule has 0 saturated heterocycles. The number of hydrogen-bond donors (Lipinski definition) is 0. The van der Waals surface area contributed by atoms with Gasteiger partial charge in [-0.3, -0.25) is 24.3 Å². The van der Waals surface area contributed by atoms with Crippen LogP contribution in [-0.2, 0) is 14.3 Å². The normalized spacial score (nSPS) is 14.9. The molecule has 0 bridgehead atoms. The zero-order valence-electron chi connectivity index (χ0n) is 21.6. The molecule has 1 aliphatic heterocycles. The van der Waals surface area contributed by atoms with Gasteiger partial charge in [0.05, 0.1) is 40.0 Å². The van der Waals surface area contributed by atoms with E-state index in [4.69, 9.17) is 14.2 Å². The second-order valence-electron chi connectivity index (χ2n) is 8.38. The lowest BCUT2D eigenvalue weighted by atomic mass is 9.95. The molecule has 0 N–H and O–H groups in total. The lowest BCUT2D eigenvalue weighted by molar-refractivity contribution is -0.384. The highest BCUT2D eigenvalue weighted by Gasteiger charge is 2.34. The molecule has 2 heterocycles. The number of carbonyl (C=O) groups is 2. The Hall–Kier alpha value is -4.58. The number of non-ortho nitro benzene ring substituents is 1. The highest BCUT2D eigenvalue weighted by molar-refractivity contribution is 7.07. The summed E-state index contributed by atoms with van der Waals surface area (Å²) in [5.74, 6) is -0.658. The molecule has 39 heavy (non-hydrogen) atoms. The Balaban J connectivity index is 1.92. The Morgan fingerprint density at radius 2 is 1.85 bits per heavy atom. The minimum absolute atomic E-state index is 0.0642. The lowest BCUT2D eigenvalue weighted by Gasteiger charge is -2.25. The first-order valence-electron chi connectivity index (χ1n) is 12.0. The van der Waals surface area contributed by atoms with Gasteiger partial charge in [0.1, 0.15) is 0 Å². The molecule has 11 nitrogen and oxygen atoms in total. The van der Waals surface area contributed by atoms with Gasteiger partial charge in [0.15, 0.2) is 16.3 Å². The van der Waals surface area contributed by atoms with Gasteiger partial charge in [0.2, 0.25) is 0 Å². The summed E-state index contributed by atoms with van der Waals surface area (Å²) < 4.78 is 18.0. The average molecular weight is 552 g/mol. The summed E-state index contributed by atoms with van der Waals surface area (Å²) in [6, 6.07) is 9.73. The molecule has 0 spiro atoms. The second-order valence-corrected chi connectivity index (χ2v) is 9.39. The number of aromatic nitrogens is 1.